The van der Waals surface area contributed by atoms with Gasteiger partial charge in [-0.15, -0.1) is 5.10 Å². The van der Waals surface area contributed by atoms with Crippen molar-refractivity contribution in [2.75, 3.05) is 10.6 Å². The van der Waals surface area contributed by atoms with Crippen LogP contribution in [0.4, 0.5) is 11.8 Å². The zero-order chi connectivity index (χ0) is 13.6. The third-order valence-electron chi connectivity index (χ3n) is 3.42. The van der Waals surface area contributed by atoms with Gasteiger partial charge in [-0.2, -0.15) is 10.1 Å². The molecular weight excluding hydrogens is 252 g/mol. The lowest BCUT2D eigenvalue weighted by Gasteiger charge is -2.12. The molecule has 2 aromatic rings. The molecule has 1 saturated carbocycles. The summed E-state index contributed by atoms with van der Waals surface area (Å²) in [4.78, 5) is 8.67. The van der Waals surface area contributed by atoms with Crippen LogP contribution < -0.4 is 10.6 Å². The van der Waals surface area contributed by atoms with E-state index in [9.17, 15) is 0 Å². The SMILES string of the molecule is c1ccc(CNc2nncc(NC3CCCC3)n2)nc1. The smallest absolute Gasteiger partial charge is 0.245 e. The number of pyridine rings is 1. The molecule has 3 rings (SSSR count). The third kappa shape index (κ3) is 3.40. The van der Waals surface area contributed by atoms with Crippen molar-refractivity contribution in [3.63, 3.8) is 0 Å². The normalized spacial score (nSPS) is 15.2. The Morgan fingerprint density at radius 1 is 1.20 bits per heavy atom. The van der Waals surface area contributed by atoms with Crippen molar-refractivity contribution in [1.29, 1.82) is 0 Å². The van der Waals surface area contributed by atoms with E-state index in [1.165, 1.54) is 25.7 Å². The Hall–Kier alpha value is -2.24. The highest BCUT2D eigenvalue weighted by Crippen LogP contribution is 2.21. The molecule has 1 aliphatic carbocycles. The van der Waals surface area contributed by atoms with E-state index in [2.05, 4.69) is 30.8 Å². The van der Waals surface area contributed by atoms with Gasteiger partial charge in [0.2, 0.25) is 5.95 Å². The Bertz CT molecular complexity index is 538. The van der Waals surface area contributed by atoms with Gasteiger partial charge in [-0.25, -0.2) is 0 Å². The highest BCUT2D eigenvalue weighted by molar-refractivity contribution is 5.38. The molecule has 0 atom stereocenters. The van der Waals surface area contributed by atoms with Gasteiger partial charge in [0.15, 0.2) is 5.82 Å². The summed E-state index contributed by atoms with van der Waals surface area (Å²) in [5, 5.41) is 14.5. The molecular formula is C14H18N6. The molecule has 0 bridgehead atoms. The summed E-state index contributed by atoms with van der Waals surface area (Å²) in [6.07, 6.45) is 8.45. The van der Waals surface area contributed by atoms with Crippen molar-refractivity contribution in [1.82, 2.24) is 20.2 Å². The topological polar surface area (TPSA) is 75.6 Å². The molecule has 20 heavy (non-hydrogen) atoms. The number of rotatable bonds is 5. The summed E-state index contributed by atoms with van der Waals surface area (Å²) in [5.74, 6) is 1.31. The van der Waals surface area contributed by atoms with E-state index in [1.807, 2.05) is 18.2 Å². The fraction of sp³-hybridized carbons (Fsp3) is 0.429. The molecule has 0 aromatic carbocycles. The Morgan fingerprint density at radius 2 is 2.10 bits per heavy atom. The second-order valence-electron chi connectivity index (χ2n) is 4.97. The molecule has 104 valence electrons. The molecule has 6 heteroatoms. The average Bonchev–Trinajstić information content (AvgIpc) is 3.00. The molecule has 0 amide bonds. The lowest BCUT2D eigenvalue weighted by molar-refractivity contribution is 0.746. The molecule has 1 aliphatic rings. The van der Waals surface area contributed by atoms with Crippen LogP contribution in [0.5, 0.6) is 0 Å². The fourth-order valence-corrected chi connectivity index (χ4v) is 2.40. The number of anilines is 2. The maximum Gasteiger partial charge on any atom is 0.245 e. The van der Waals surface area contributed by atoms with Crippen molar-refractivity contribution >= 4 is 11.8 Å². The highest BCUT2D eigenvalue weighted by Gasteiger charge is 2.15. The summed E-state index contributed by atoms with van der Waals surface area (Å²) in [6, 6.07) is 6.34. The Kier molecular flexibility index (Phi) is 4.01. The van der Waals surface area contributed by atoms with Crippen molar-refractivity contribution < 1.29 is 0 Å². The van der Waals surface area contributed by atoms with Crippen LogP contribution in [0.1, 0.15) is 31.4 Å². The summed E-state index contributed by atoms with van der Waals surface area (Å²) in [6.45, 7) is 0.593. The standard InChI is InChI=1S/C14H18N6/c1-2-6-11(5-1)18-13-10-17-20-14(19-13)16-9-12-7-3-4-8-15-12/h3-4,7-8,10-11H,1-2,5-6,9H2,(H2,16,18,19,20). The minimum atomic E-state index is 0.523. The van der Waals surface area contributed by atoms with Crippen LogP contribution in [0.25, 0.3) is 0 Å². The fourth-order valence-electron chi connectivity index (χ4n) is 2.40. The molecule has 2 N–H and O–H groups in total. The number of nitrogens with zero attached hydrogens (tertiary/aromatic N) is 4. The zero-order valence-electron chi connectivity index (χ0n) is 11.3. The molecule has 2 aromatic heterocycles. The first-order chi connectivity index (χ1) is 9.90. The molecule has 2 heterocycles. The van der Waals surface area contributed by atoms with Gasteiger partial charge in [0.05, 0.1) is 18.4 Å². The van der Waals surface area contributed by atoms with E-state index in [-0.39, 0.29) is 0 Å². The first-order valence-corrected chi connectivity index (χ1v) is 7.00. The summed E-state index contributed by atoms with van der Waals surface area (Å²) < 4.78 is 0. The van der Waals surface area contributed by atoms with E-state index < -0.39 is 0 Å². The number of hydrogen-bond acceptors (Lipinski definition) is 6. The van der Waals surface area contributed by atoms with E-state index in [1.54, 1.807) is 12.4 Å². The monoisotopic (exact) mass is 270 g/mol. The van der Waals surface area contributed by atoms with Crippen LogP contribution >= 0.6 is 0 Å². The predicted molar refractivity (Wildman–Crippen MR) is 77.3 cm³/mol. The number of hydrogen-bond donors (Lipinski definition) is 2. The molecule has 1 fully saturated rings. The van der Waals surface area contributed by atoms with Gasteiger partial charge >= 0.3 is 0 Å². The van der Waals surface area contributed by atoms with Crippen LogP contribution in [-0.4, -0.2) is 26.2 Å². The van der Waals surface area contributed by atoms with E-state index >= 15 is 0 Å². The summed E-state index contributed by atoms with van der Waals surface area (Å²) in [5.41, 5.74) is 0.949. The quantitative estimate of drug-likeness (QED) is 0.867. The Morgan fingerprint density at radius 3 is 2.90 bits per heavy atom. The van der Waals surface area contributed by atoms with Gasteiger partial charge in [-0.1, -0.05) is 18.9 Å². The molecule has 0 unspecified atom stereocenters. The van der Waals surface area contributed by atoms with E-state index in [0.29, 0.717) is 18.5 Å². The van der Waals surface area contributed by atoms with Crippen LogP contribution in [0.3, 0.4) is 0 Å². The second kappa shape index (κ2) is 6.27. The van der Waals surface area contributed by atoms with Gasteiger partial charge in [0.25, 0.3) is 0 Å². The molecule has 0 aliphatic heterocycles. The van der Waals surface area contributed by atoms with Crippen molar-refractivity contribution in [2.45, 2.75) is 38.3 Å². The average molecular weight is 270 g/mol. The van der Waals surface area contributed by atoms with Crippen LogP contribution in [0.15, 0.2) is 30.6 Å². The van der Waals surface area contributed by atoms with Crippen molar-refractivity contribution in [3.05, 3.63) is 36.3 Å². The van der Waals surface area contributed by atoms with Crippen LogP contribution in [0.2, 0.25) is 0 Å². The molecule has 0 spiro atoms. The number of nitrogens with one attached hydrogen (secondary N) is 2. The first kappa shape index (κ1) is 12.8. The van der Waals surface area contributed by atoms with Crippen molar-refractivity contribution in [2.24, 2.45) is 0 Å². The minimum Gasteiger partial charge on any atom is -0.366 e. The lowest BCUT2D eigenvalue weighted by Crippen LogP contribution is -2.16. The van der Waals surface area contributed by atoms with Crippen LogP contribution in [0, 0.1) is 0 Å². The summed E-state index contributed by atoms with van der Waals surface area (Å²) in [7, 11) is 0. The molecule has 6 nitrogen and oxygen atoms in total. The second-order valence-corrected chi connectivity index (χ2v) is 4.97. The lowest BCUT2D eigenvalue weighted by atomic mass is 10.2. The zero-order valence-corrected chi connectivity index (χ0v) is 11.3. The maximum absolute atomic E-state index is 4.43. The number of aromatic nitrogens is 4. The maximum atomic E-state index is 4.43. The Balaban J connectivity index is 1.59. The van der Waals surface area contributed by atoms with Gasteiger partial charge in [-0.3, -0.25) is 4.98 Å². The van der Waals surface area contributed by atoms with Gasteiger partial charge in [0, 0.05) is 12.2 Å². The molecule has 0 saturated heterocycles. The van der Waals surface area contributed by atoms with E-state index in [4.69, 9.17) is 0 Å². The van der Waals surface area contributed by atoms with Gasteiger partial charge in [0.1, 0.15) is 0 Å². The first-order valence-electron chi connectivity index (χ1n) is 7.00. The molecule has 0 radical (unpaired) electrons. The third-order valence-corrected chi connectivity index (χ3v) is 3.42. The minimum absolute atomic E-state index is 0.523. The van der Waals surface area contributed by atoms with E-state index in [0.717, 1.165) is 11.5 Å². The Labute approximate surface area is 118 Å². The van der Waals surface area contributed by atoms with Gasteiger partial charge in [-0.05, 0) is 25.0 Å². The van der Waals surface area contributed by atoms with Crippen molar-refractivity contribution in [3.8, 4) is 0 Å². The largest absolute Gasteiger partial charge is 0.366 e. The summed E-state index contributed by atoms with van der Waals surface area (Å²) >= 11 is 0. The predicted octanol–water partition coefficient (Wildman–Crippen LogP) is 2.23. The highest BCUT2D eigenvalue weighted by atomic mass is 15.3. The van der Waals surface area contributed by atoms with Crippen LogP contribution in [-0.2, 0) is 6.54 Å². The van der Waals surface area contributed by atoms with Gasteiger partial charge < -0.3 is 10.6 Å².